The number of esters is 1. The van der Waals surface area contributed by atoms with Gasteiger partial charge in [-0.3, -0.25) is 4.79 Å². The maximum absolute atomic E-state index is 12.8. The largest absolute Gasteiger partial charge is 0.493 e. The standard InChI is InChI=1S/C20H31NO5/c1-7-24-17-11-10-15(12-16(17)18(22)25-8-2)21-19(23)20(6,26-9-3)13-14(4)5/h10-12,14H,7-9,13H2,1-6H3,(H,21,23). The summed E-state index contributed by atoms with van der Waals surface area (Å²) in [4.78, 5) is 25.0. The first-order valence-electron chi connectivity index (χ1n) is 9.16. The highest BCUT2D eigenvalue weighted by Crippen LogP contribution is 2.27. The molecule has 1 aromatic carbocycles. The molecule has 0 heterocycles. The third kappa shape index (κ3) is 6.02. The minimum absolute atomic E-state index is 0.244. The van der Waals surface area contributed by atoms with E-state index >= 15 is 0 Å². The molecule has 0 fully saturated rings. The number of hydrogen-bond acceptors (Lipinski definition) is 5. The van der Waals surface area contributed by atoms with Crippen LogP contribution in [0.25, 0.3) is 0 Å². The van der Waals surface area contributed by atoms with Crippen LogP contribution in [0.15, 0.2) is 18.2 Å². The zero-order valence-corrected chi connectivity index (χ0v) is 16.7. The van der Waals surface area contributed by atoms with E-state index in [1.165, 1.54) is 0 Å². The summed E-state index contributed by atoms with van der Waals surface area (Å²) in [6.45, 7) is 12.4. The monoisotopic (exact) mass is 365 g/mol. The van der Waals surface area contributed by atoms with Gasteiger partial charge in [-0.05, 0) is 58.2 Å². The number of carbonyl (C=O) groups is 2. The topological polar surface area (TPSA) is 73.9 Å². The summed E-state index contributed by atoms with van der Waals surface area (Å²) in [7, 11) is 0. The Morgan fingerprint density at radius 3 is 2.35 bits per heavy atom. The summed E-state index contributed by atoms with van der Waals surface area (Å²) in [5.74, 6) is 0.000223. The zero-order chi connectivity index (χ0) is 19.7. The van der Waals surface area contributed by atoms with Gasteiger partial charge in [0.15, 0.2) is 0 Å². The Hall–Kier alpha value is -2.08. The molecule has 0 saturated carbocycles. The van der Waals surface area contributed by atoms with E-state index < -0.39 is 11.6 Å². The van der Waals surface area contributed by atoms with Gasteiger partial charge < -0.3 is 19.5 Å². The van der Waals surface area contributed by atoms with Crippen molar-refractivity contribution in [3.05, 3.63) is 23.8 Å². The van der Waals surface area contributed by atoms with Gasteiger partial charge in [0.2, 0.25) is 0 Å². The molecule has 1 rings (SSSR count). The maximum Gasteiger partial charge on any atom is 0.341 e. The SMILES string of the molecule is CCOC(=O)c1cc(NC(=O)C(C)(CC(C)C)OCC)ccc1OCC. The average Bonchev–Trinajstić information content (AvgIpc) is 2.56. The van der Waals surface area contributed by atoms with Crippen LogP contribution < -0.4 is 10.1 Å². The Balaban J connectivity index is 3.09. The molecule has 0 aliphatic heterocycles. The van der Waals surface area contributed by atoms with E-state index in [1.54, 1.807) is 32.0 Å². The number of amides is 1. The minimum atomic E-state index is -0.939. The van der Waals surface area contributed by atoms with Crippen molar-refractivity contribution in [2.45, 2.75) is 53.6 Å². The maximum atomic E-state index is 12.8. The Morgan fingerprint density at radius 2 is 1.81 bits per heavy atom. The van der Waals surface area contributed by atoms with Gasteiger partial charge in [-0.15, -0.1) is 0 Å². The van der Waals surface area contributed by atoms with E-state index in [4.69, 9.17) is 14.2 Å². The van der Waals surface area contributed by atoms with Gasteiger partial charge >= 0.3 is 5.97 Å². The van der Waals surface area contributed by atoms with E-state index in [0.29, 0.717) is 37.0 Å². The van der Waals surface area contributed by atoms with Gasteiger partial charge in [0.1, 0.15) is 16.9 Å². The average molecular weight is 365 g/mol. The third-order valence-electron chi connectivity index (χ3n) is 3.77. The van der Waals surface area contributed by atoms with Crippen molar-refractivity contribution in [1.29, 1.82) is 0 Å². The second-order valence-corrected chi connectivity index (χ2v) is 6.58. The molecule has 1 N–H and O–H groups in total. The van der Waals surface area contributed by atoms with Crippen molar-refractivity contribution >= 4 is 17.6 Å². The fraction of sp³-hybridized carbons (Fsp3) is 0.600. The Bertz CT molecular complexity index is 614. The van der Waals surface area contributed by atoms with Crippen molar-refractivity contribution in [2.24, 2.45) is 5.92 Å². The number of anilines is 1. The first kappa shape index (κ1) is 22.0. The van der Waals surface area contributed by atoms with Crippen molar-refractivity contribution in [1.82, 2.24) is 0 Å². The van der Waals surface area contributed by atoms with Crippen LogP contribution in [0.4, 0.5) is 5.69 Å². The molecule has 0 aromatic heterocycles. The molecule has 1 aromatic rings. The van der Waals surface area contributed by atoms with Crippen molar-refractivity contribution in [2.75, 3.05) is 25.1 Å². The molecule has 1 amide bonds. The lowest BCUT2D eigenvalue weighted by atomic mass is 9.93. The molecule has 26 heavy (non-hydrogen) atoms. The summed E-state index contributed by atoms with van der Waals surface area (Å²) in [6.07, 6.45) is 0.592. The van der Waals surface area contributed by atoms with Crippen LogP contribution in [0.3, 0.4) is 0 Å². The lowest BCUT2D eigenvalue weighted by Gasteiger charge is -2.30. The summed E-state index contributed by atoms with van der Waals surface area (Å²) in [5, 5.41) is 2.85. The van der Waals surface area contributed by atoms with Gasteiger partial charge in [-0.25, -0.2) is 4.79 Å². The second-order valence-electron chi connectivity index (χ2n) is 6.58. The molecule has 0 aliphatic carbocycles. The molecule has 0 radical (unpaired) electrons. The highest BCUT2D eigenvalue weighted by atomic mass is 16.5. The Labute approximate surface area is 156 Å². The quantitative estimate of drug-likeness (QED) is 0.633. The molecule has 0 bridgehead atoms. The normalized spacial score (nSPS) is 13.2. The van der Waals surface area contributed by atoms with Crippen molar-refractivity contribution < 1.29 is 23.8 Å². The van der Waals surface area contributed by atoms with Gasteiger partial charge in [-0.1, -0.05) is 13.8 Å². The first-order chi connectivity index (χ1) is 12.3. The molecule has 146 valence electrons. The van der Waals surface area contributed by atoms with Crippen LogP contribution in [0, 0.1) is 5.92 Å². The number of benzene rings is 1. The molecule has 0 aliphatic rings. The lowest BCUT2D eigenvalue weighted by molar-refractivity contribution is -0.140. The Kier molecular flexibility index (Phi) is 8.58. The number of hydrogen-bond donors (Lipinski definition) is 1. The molecule has 0 saturated heterocycles. The van der Waals surface area contributed by atoms with Crippen LogP contribution >= 0.6 is 0 Å². The van der Waals surface area contributed by atoms with Crippen LogP contribution in [-0.4, -0.2) is 37.3 Å². The smallest absolute Gasteiger partial charge is 0.341 e. The van der Waals surface area contributed by atoms with E-state index in [1.807, 2.05) is 27.7 Å². The second kappa shape index (κ2) is 10.2. The molecule has 6 nitrogen and oxygen atoms in total. The van der Waals surface area contributed by atoms with Crippen LogP contribution in [0.2, 0.25) is 0 Å². The number of carbonyl (C=O) groups excluding carboxylic acids is 2. The summed E-state index contributed by atoms with van der Waals surface area (Å²) >= 11 is 0. The summed E-state index contributed by atoms with van der Waals surface area (Å²) < 4.78 is 16.3. The van der Waals surface area contributed by atoms with Gasteiger partial charge in [0.25, 0.3) is 5.91 Å². The number of ether oxygens (including phenoxy) is 3. The molecule has 1 atom stereocenters. The van der Waals surface area contributed by atoms with Crippen LogP contribution in [0.1, 0.15) is 58.3 Å². The molecular weight excluding hydrogens is 334 g/mol. The highest BCUT2D eigenvalue weighted by Gasteiger charge is 2.34. The first-order valence-corrected chi connectivity index (χ1v) is 9.16. The number of rotatable bonds is 10. The van der Waals surface area contributed by atoms with Crippen LogP contribution in [0.5, 0.6) is 5.75 Å². The summed E-state index contributed by atoms with van der Waals surface area (Å²) in [6, 6.07) is 4.93. The third-order valence-corrected chi connectivity index (χ3v) is 3.77. The molecule has 1 unspecified atom stereocenters. The van der Waals surface area contributed by atoms with E-state index in [-0.39, 0.29) is 18.1 Å². The van der Waals surface area contributed by atoms with E-state index in [2.05, 4.69) is 5.32 Å². The van der Waals surface area contributed by atoms with E-state index in [0.717, 1.165) is 0 Å². The van der Waals surface area contributed by atoms with Crippen LogP contribution in [-0.2, 0) is 14.3 Å². The molecule has 6 heteroatoms. The van der Waals surface area contributed by atoms with E-state index in [9.17, 15) is 9.59 Å². The van der Waals surface area contributed by atoms with Crippen molar-refractivity contribution in [3.63, 3.8) is 0 Å². The lowest BCUT2D eigenvalue weighted by Crippen LogP contribution is -2.44. The fourth-order valence-electron chi connectivity index (χ4n) is 2.84. The summed E-state index contributed by atoms with van der Waals surface area (Å²) in [5.41, 5.74) is -0.157. The Morgan fingerprint density at radius 1 is 1.12 bits per heavy atom. The van der Waals surface area contributed by atoms with Crippen molar-refractivity contribution in [3.8, 4) is 5.75 Å². The van der Waals surface area contributed by atoms with Gasteiger partial charge in [-0.2, -0.15) is 0 Å². The number of nitrogens with one attached hydrogen (secondary N) is 1. The van der Waals surface area contributed by atoms with Gasteiger partial charge in [0.05, 0.1) is 13.2 Å². The highest BCUT2D eigenvalue weighted by molar-refractivity contribution is 5.99. The van der Waals surface area contributed by atoms with Gasteiger partial charge in [0, 0.05) is 12.3 Å². The minimum Gasteiger partial charge on any atom is -0.493 e. The fourth-order valence-corrected chi connectivity index (χ4v) is 2.84. The predicted molar refractivity (Wildman–Crippen MR) is 102 cm³/mol. The predicted octanol–water partition coefficient (Wildman–Crippen LogP) is 4.04. The molecular formula is C20H31NO5. The molecule has 0 spiro atoms. The zero-order valence-electron chi connectivity index (χ0n) is 16.7.